The Labute approximate surface area is 145 Å². The first-order chi connectivity index (χ1) is 11.2. The fraction of sp³-hybridized carbons (Fsp3) is 0.500. The molecule has 0 aliphatic carbocycles. The van der Waals surface area contributed by atoms with Crippen molar-refractivity contribution >= 4 is 23.2 Å². The predicted molar refractivity (Wildman–Crippen MR) is 88.6 cm³/mol. The van der Waals surface area contributed by atoms with E-state index in [-0.39, 0.29) is 6.04 Å². The largest absolute Gasteiger partial charge is 0.342 e. The molecule has 1 aliphatic heterocycles. The van der Waals surface area contributed by atoms with E-state index in [9.17, 15) is 0 Å². The highest BCUT2D eigenvalue weighted by Crippen LogP contribution is 2.46. The lowest BCUT2D eigenvalue weighted by Crippen LogP contribution is -2.39. The molecule has 2 aromatic rings. The van der Waals surface area contributed by atoms with Crippen molar-refractivity contribution in [3.8, 4) is 0 Å². The van der Waals surface area contributed by atoms with E-state index in [0.29, 0.717) is 23.3 Å². The number of aromatic nitrogens is 3. The molecule has 0 spiro atoms. The minimum Gasteiger partial charge on any atom is -0.342 e. The highest BCUT2D eigenvalue weighted by atomic mass is 35.5. The molecule has 0 bridgehead atoms. The predicted octanol–water partition coefficient (Wildman–Crippen LogP) is 4.22. The van der Waals surface area contributed by atoms with Gasteiger partial charge in [-0.1, -0.05) is 49.0 Å². The van der Waals surface area contributed by atoms with Crippen LogP contribution in [0.3, 0.4) is 0 Å². The molecule has 0 radical (unpaired) electrons. The van der Waals surface area contributed by atoms with Gasteiger partial charge in [0.1, 0.15) is 18.7 Å². The molecule has 1 aromatic carbocycles. The summed E-state index contributed by atoms with van der Waals surface area (Å²) in [5.41, 5.74) is 0.776. The van der Waals surface area contributed by atoms with Gasteiger partial charge in [-0.3, -0.25) is 0 Å². The monoisotopic (exact) mass is 355 g/mol. The van der Waals surface area contributed by atoms with Crippen molar-refractivity contribution in [1.29, 1.82) is 0 Å². The molecule has 0 saturated carbocycles. The number of ether oxygens (including phenoxy) is 2. The van der Waals surface area contributed by atoms with Crippen molar-refractivity contribution in [3.63, 3.8) is 0 Å². The van der Waals surface area contributed by atoms with E-state index in [0.717, 1.165) is 24.8 Å². The summed E-state index contributed by atoms with van der Waals surface area (Å²) in [6.07, 6.45) is 6.14. The lowest BCUT2D eigenvalue weighted by molar-refractivity contribution is -0.203. The van der Waals surface area contributed by atoms with Crippen LogP contribution in [0.4, 0.5) is 0 Å². The molecule has 5 nitrogen and oxygen atoms in total. The zero-order valence-corrected chi connectivity index (χ0v) is 14.4. The minimum absolute atomic E-state index is 0.147. The summed E-state index contributed by atoms with van der Waals surface area (Å²) in [6.45, 7) is 3.17. The molecule has 1 aliphatic rings. The number of hydrogen-bond donors (Lipinski definition) is 0. The van der Waals surface area contributed by atoms with Crippen LogP contribution in [0.1, 0.15) is 37.8 Å². The number of benzene rings is 1. The summed E-state index contributed by atoms with van der Waals surface area (Å²) in [7, 11) is 0. The Morgan fingerprint density at radius 1 is 1.30 bits per heavy atom. The Morgan fingerprint density at radius 2 is 2.09 bits per heavy atom. The topological polar surface area (TPSA) is 49.2 Å². The van der Waals surface area contributed by atoms with Gasteiger partial charge in [0.25, 0.3) is 0 Å². The van der Waals surface area contributed by atoms with Crippen molar-refractivity contribution < 1.29 is 9.47 Å². The fourth-order valence-corrected chi connectivity index (χ4v) is 3.54. The van der Waals surface area contributed by atoms with E-state index < -0.39 is 5.79 Å². The van der Waals surface area contributed by atoms with E-state index in [1.165, 1.54) is 6.33 Å². The van der Waals surface area contributed by atoms with Crippen molar-refractivity contribution in [2.24, 2.45) is 0 Å². The van der Waals surface area contributed by atoms with Crippen LogP contribution in [0, 0.1) is 0 Å². The van der Waals surface area contributed by atoms with Crippen molar-refractivity contribution in [3.05, 3.63) is 46.5 Å². The van der Waals surface area contributed by atoms with Gasteiger partial charge in [-0.25, -0.2) is 9.67 Å². The third kappa shape index (κ3) is 3.24. The van der Waals surface area contributed by atoms with E-state index in [1.54, 1.807) is 23.1 Å². The molecule has 1 atom stereocenters. The molecular formula is C16H19Cl2N3O2. The van der Waals surface area contributed by atoms with Crippen LogP contribution < -0.4 is 0 Å². The van der Waals surface area contributed by atoms with Gasteiger partial charge in [0.15, 0.2) is 0 Å². The van der Waals surface area contributed by atoms with Crippen molar-refractivity contribution in [2.75, 3.05) is 13.2 Å². The van der Waals surface area contributed by atoms with Gasteiger partial charge < -0.3 is 9.47 Å². The third-order valence-electron chi connectivity index (χ3n) is 4.05. The fourth-order valence-electron chi connectivity index (χ4n) is 3.00. The summed E-state index contributed by atoms with van der Waals surface area (Å²) in [5, 5.41) is 5.42. The normalized spacial score (nSPS) is 18.2. The molecule has 7 heteroatoms. The summed E-state index contributed by atoms with van der Waals surface area (Å²) < 4.78 is 14.0. The van der Waals surface area contributed by atoms with Crippen LogP contribution in [0.2, 0.25) is 10.0 Å². The molecule has 3 rings (SSSR count). The zero-order chi connectivity index (χ0) is 16.3. The number of rotatable bonds is 6. The van der Waals surface area contributed by atoms with E-state index in [1.807, 2.05) is 6.07 Å². The number of nitrogens with zero attached hydrogens (tertiary/aromatic N) is 3. The molecule has 1 fully saturated rings. The van der Waals surface area contributed by atoms with Crippen molar-refractivity contribution in [1.82, 2.24) is 14.8 Å². The Kier molecular flexibility index (Phi) is 5.21. The maximum Gasteiger partial charge on any atom is 0.219 e. The van der Waals surface area contributed by atoms with E-state index in [2.05, 4.69) is 17.0 Å². The van der Waals surface area contributed by atoms with Crippen LogP contribution in [0.25, 0.3) is 0 Å². The van der Waals surface area contributed by atoms with Crippen molar-refractivity contribution in [2.45, 2.75) is 38.0 Å². The Bertz CT molecular complexity index is 643. The molecule has 2 heterocycles. The molecule has 1 unspecified atom stereocenters. The smallest absolute Gasteiger partial charge is 0.219 e. The van der Waals surface area contributed by atoms with Gasteiger partial charge >= 0.3 is 0 Å². The lowest BCUT2D eigenvalue weighted by Gasteiger charge is -2.36. The Morgan fingerprint density at radius 3 is 2.70 bits per heavy atom. The Balaban J connectivity index is 2.07. The second kappa shape index (κ2) is 7.18. The summed E-state index contributed by atoms with van der Waals surface area (Å²) >= 11 is 12.5. The van der Waals surface area contributed by atoms with Gasteiger partial charge in [0, 0.05) is 10.6 Å². The van der Waals surface area contributed by atoms with E-state index in [4.69, 9.17) is 32.7 Å². The second-order valence-corrected chi connectivity index (χ2v) is 6.37. The third-order valence-corrected chi connectivity index (χ3v) is 4.60. The Hall–Kier alpha value is -1.14. The van der Waals surface area contributed by atoms with Crippen LogP contribution in [0.5, 0.6) is 0 Å². The SMILES string of the molecule is CCCCC(n1cncn1)C1(c2ccc(Cl)cc2Cl)OCCO1. The average molecular weight is 356 g/mol. The van der Waals surface area contributed by atoms with Crippen LogP contribution in [-0.4, -0.2) is 28.0 Å². The minimum atomic E-state index is -0.968. The van der Waals surface area contributed by atoms with Gasteiger partial charge in [0.05, 0.1) is 18.2 Å². The summed E-state index contributed by atoms with van der Waals surface area (Å²) in [4.78, 5) is 4.07. The maximum atomic E-state index is 6.45. The number of hydrogen-bond acceptors (Lipinski definition) is 4. The van der Waals surface area contributed by atoms with Crippen LogP contribution >= 0.6 is 23.2 Å². The highest BCUT2D eigenvalue weighted by molar-refractivity contribution is 6.35. The molecule has 1 aromatic heterocycles. The number of unbranched alkanes of at least 4 members (excludes halogenated alkanes) is 1. The molecule has 0 N–H and O–H groups in total. The number of halogens is 2. The first kappa shape index (κ1) is 16.7. The first-order valence-corrected chi connectivity index (χ1v) is 8.50. The average Bonchev–Trinajstić information content (AvgIpc) is 3.20. The van der Waals surface area contributed by atoms with Crippen LogP contribution in [0.15, 0.2) is 30.9 Å². The summed E-state index contributed by atoms with van der Waals surface area (Å²) in [5.74, 6) is -0.968. The van der Waals surface area contributed by atoms with Gasteiger partial charge in [-0.2, -0.15) is 5.10 Å². The van der Waals surface area contributed by atoms with E-state index >= 15 is 0 Å². The van der Waals surface area contributed by atoms with Gasteiger partial charge in [0.2, 0.25) is 5.79 Å². The molecular weight excluding hydrogens is 337 g/mol. The van der Waals surface area contributed by atoms with Gasteiger partial charge in [-0.05, 0) is 18.6 Å². The molecule has 124 valence electrons. The van der Waals surface area contributed by atoms with Crippen LogP contribution in [-0.2, 0) is 15.3 Å². The quantitative estimate of drug-likeness (QED) is 0.778. The summed E-state index contributed by atoms with van der Waals surface area (Å²) in [6, 6.07) is 5.23. The first-order valence-electron chi connectivity index (χ1n) is 7.75. The molecule has 23 heavy (non-hydrogen) atoms. The standard InChI is InChI=1S/C16H19Cl2N3O2/c1-2-3-4-15(21-11-19-10-20-21)16(22-7-8-23-16)13-6-5-12(17)9-14(13)18/h5-6,9-11,15H,2-4,7-8H2,1H3. The molecule has 0 amide bonds. The lowest BCUT2D eigenvalue weighted by atomic mass is 9.93. The second-order valence-electron chi connectivity index (χ2n) is 5.52. The highest BCUT2D eigenvalue weighted by Gasteiger charge is 2.48. The zero-order valence-electron chi connectivity index (χ0n) is 12.9. The molecule has 1 saturated heterocycles. The maximum absolute atomic E-state index is 6.45. The van der Waals surface area contributed by atoms with Gasteiger partial charge in [-0.15, -0.1) is 0 Å².